The molecule has 1 saturated carbocycles. The highest BCUT2D eigenvalue weighted by molar-refractivity contribution is 7.13. The van der Waals surface area contributed by atoms with Crippen LogP contribution >= 0.6 is 11.3 Å². The third-order valence-corrected chi connectivity index (χ3v) is 3.99. The SMILES string of the molecule is O=C(Nc1nncs1)[C@H]1C[C@@H]1c1ccccc1C(F)(F)F. The van der Waals surface area contributed by atoms with E-state index in [-0.39, 0.29) is 11.5 Å². The van der Waals surface area contributed by atoms with Gasteiger partial charge in [0.1, 0.15) is 5.51 Å². The first-order valence-electron chi connectivity index (χ1n) is 6.20. The van der Waals surface area contributed by atoms with E-state index in [4.69, 9.17) is 0 Å². The summed E-state index contributed by atoms with van der Waals surface area (Å²) in [6, 6.07) is 5.40. The minimum Gasteiger partial charge on any atom is -0.300 e. The maximum absolute atomic E-state index is 13.0. The molecule has 0 radical (unpaired) electrons. The average molecular weight is 313 g/mol. The zero-order valence-corrected chi connectivity index (χ0v) is 11.4. The maximum atomic E-state index is 13.0. The minimum atomic E-state index is -4.40. The number of anilines is 1. The Balaban J connectivity index is 1.75. The lowest BCUT2D eigenvalue weighted by Gasteiger charge is -2.12. The summed E-state index contributed by atoms with van der Waals surface area (Å²) in [7, 11) is 0. The fourth-order valence-electron chi connectivity index (χ4n) is 2.33. The molecule has 0 aliphatic heterocycles. The number of amides is 1. The summed E-state index contributed by atoms with van der Waals surface area (Å²) in [4.78, 5) is 12.0. The number of rotatable bonds is 3. The van der Waals surface area contributed by atoms with Gasteiger partial charge in [-0.25, -0.2) is 0 Å². The summed E-state index contributed by atoms with van der Waals surface area (Å²) in [6.45, 7) is 0. The lowest BCUT2D eigenvalue weighted by molar-refractivity contribution is -0.138. The summed E-state index contributed by atoms with van der Waals surface area (Å²) in [5, 5.41) is 10.2. The highest BCUT2D eigenvalue weighted by Crippen LogP contribution is 2.51. The van der Waals surface area contributed by atoms with Crippen LogP contribution in [0.3, 0.4) is 0 Å². The van der Waals surface area contributed by atoms with E-state index in [1.54, 1.807) is 6.07 Å². The minimum absolute atomic E-state index is 0.183. The van der Waals surface area contributed by atoms with Gasteiger partial charge in [-0.2, -0.15) is 13.2 Å². The average Bonchev–Trinajstić information content (AvgIpc) is 3.08. The van der Waals surface area contributed by atoms with E-state index < -0.39 is 23.6 Å². The maximum Gasteiger partial charge on any atom is 0.416 e. The largest absolute Gasteiger partial charge is 0.416 e. The Labute approximate surface area is 122 Å². The number of alkyl halides is 3. The molecule has 0 bridgehead atoms. The van der Waals surface area contributed by atoms with Crippen LogP contribution in [0.5, 0.6) is 0 Å². The molecule has 110 valence electrons. The summed E-state index contributed by atoms with van der Waals surface area (Å²) in [5.74, 6) is -1.15. The number of halogens is 3. The quantitative estimate of drug-likeness (QED) is 0.946. The van der Waals surface area contributed by atoms with Crippen molar-refractivity contribution in [1.82, 2.24) is 10.2 Å². The lowest BCUT2D eigenvalue weighted by Crippen LogP contribution is -2.15. The molecule has 8 heteroatoms. The molecule has 0 saturated heterocycles. The first kappa shape index (κ1) is 14.0. The molecule has 2 atom stereocenters. The van der Waals surface area contributed by atoms with Crippen molar-refractivity contribution in [3.05, 3.63) is 40.9 Å². The van der Waals surface area contributed by atoms with E-state index >= 15 is 0 Å². The Hall–Kier alpha value is -1.96. The standard InChI is InChI=1S/C13H10F3N3OS/c14-13(15,16)10-4-2-1-3-7(10)8-5-9(8)11(20)18-12-19-17-6-21-12/h1-4,6,8-9H,5H2,(H,18,19,20)/t8-,9+/m1/s1. The van der Waals surface area contributed by atoms with E-state index in [1.165, 1.54) is 29.0 Å². The number of nitrogens with one attached hydrogen (secondary N) is 1. The zero-order valence-electron chi connectivity index (χ0n) is 10.6. The van der Waals surface area contributed by atoms with Gasteiger partial charge < -0.3 is 5.32 Å². The monoisotopic (exact) mass is 313 g/mol. The van der Waals surface area contributed by atoms with Crippen LogP contribution in [0, 0.1) is 5.92 Å². The van der Waals surface area contributed by atoms with E-state index in [2.05, 4.69) is 15.5 Å². The second kappa shape index (κ2) is 5.10. The van der Waals surface area contributed by atoms with Crippen molar-refractivity contribution < 1.29 is 18.0 Å². The molecule has 1 heterocycles. The van der Waals surface area contributed by atoms with Crippen molar-refractivity contribution in [3.8, 4) is 0 Å². The molecule has 21 heavy (non-hydrogen) atoms. The smallest absolute Gasteiger partial charge is 0.300 e. The van der Waals surface area contributed by atoms with Gasteiger partial charge >= 0.3 is 6.18 Å². The number of aromatic nitrogens is 2. The van der Waals surface area contributed by atoms with Gasteiger partial charge in [0.2, 0.25) is 11.0 Å². The van der Waals surface area contributed by atoms with Crippen LogP contribution in [0.1, 0.15) is 23.5 Å². The van der Waals surface area contributed by atoms with Gasteiger partial charge in [-0.15, -0.1) is 10.2 Å². The van der Waals surface area contributed by atoms with E-state index in [0.717, 1.165) is 6.07 Å². The summed E-state index contributed by atoms with van der Waals surface area (Å²) >= 11 is 1.17. The third-order valence-electron chi connectivity index (χ3n) is 3.38. The molecule has 1 amide bonds. The Bertz CT molecular complexity index is 657. The van der Waals surface area contributed by atoms with Gasteiger partial charge in [-0.1, -0.05) is 29.5 Å². The van der Waals surface area contributed by atoms with Crippen molar-refractivity contribution in [2.45, 2.75) is 18.5 Å². The highest BCUT2D eigenvalue weighted by Gasteiger charge is 2.47. The number of nitrogens with zero attached hydrogens (tertiary/aromatic N) is 2. The molecule has 4 nitrogen and oxygen atoms in total. The molecular formula is C13H10F3N3OS. The Morgan fingerprint density at radius 1 is 1.33 bits per heavy atom. The molecule has 2 aromatic rings. The fraction of sp³-hybridized carbons (Fsp3) is 0.308. The zero-order chi connectivity index (χ0) is 15.0. The van der Waals surface area contributed by atoms with Gasteiger partial charge in [0, 0.05) is 5.92 Å². The van der Waals surface area contributed by atoms with Crippen molar-refractivity contribution in [2.75, 3.05) is 5.32 Å². The Morgan fingerprint density at radius 2 is 2.10 bits per heavy atom. The molecule has 1 aliphatic carbocycles. The molecule has 1 aromatic heterocycles. The summed E-state index contributed by atoms with van der Waals surface area (Å²) in [5.41, 5.74) is 0.988. The van der Waals surface area contributed by atoms with Crippen LogP contribution in [0.4, 0.5) is 18.3 Å². The van der Waals surface area contributed by atoms with Crippen LogP contribution in [-0.2, 0) is 11.0 Å². The first-order chi connectivity index (χ1) is 9.97. The van der Waals surface area contributed by atoms with E-state index in [1.807, 2.05) is 0 Å². The van der Waals surface area contributed by atoms with E-state index in [9.17, 15) is 18.0 Å². The summed E-state index contributed by atoms with van der Waals surface area (Å²) < 4.78 is 38.9. The molecule has 1 aromatic carbocycles. The van der Waals surface area contributed by atoms with Crippen molar-refractivity contribution in [1.29, 1.82) is 0 Å². The predicted octanol–water partition coefficient (Wildman–Crippen LogP) is 3.30. The van der Waals surface area contributed by atoms with Crippen LogP contribution < -0.4 is 5.32 Å². The van der Waals surface area contributed by atoms with E-state index in [0.29, 0.717) is 11.6 Å². The highest BCUT2D eigenvalue weighted by atomic mass is 32.1. The topological polar surface area (TPSA) is 54.9 Å². The van der Waals surface area contributed by atoms with Crippen molar-refractivity contribution >= 4 is 22.4 Å². The molecule has 1 aliphatic rings. The van der Waals surface area contributed by atoms with Gasteiger partial charge in [0.05, 0.1) is 5.56 Å². The van der Waals surface area contributed by atoms with Gasteiger partial charge in [-0.3, -0.25) is 4.79 Å². The molecule has 3 rings (SSSR count). The number of hydrogen-bond acceptors (Lipinski definition) is 4. The second-order valence-corrected chi connectivity index (χ2v) is 5.60. The first-order valence-corrected chi connectivity index (χ1v) is 7.08. The lowest BCUT2D eigenvalue weighted by atomic mass is 10.0. The van der Waals surface area contributed by atoms with Crippen LogP contribution in [0.25, 0.3) is 0 Å². The number of carbonyl (C=O) groups excluding carboxylic acids is 1. The molecule has 1 N–H and O–H groups in total. The molecule has 1 fully saturated rings. The normalized spacial score (nSPS) is 21.1. The molecule has 0 spiro atoms. The number of carbonyl (C=O) groups is 1. The van der Waals surface area contributed by atoms with Crippen molar-refractivity contribution in [2.24, 2.45) is 5.92 Å². The van der Waals surface area contributed by atoms with Gasteiger partial charge in [0.15, 0.2) is 0 Å². The van der Waals surface area contributed by atoms with Crippen molar-refractivity contribution in [3.63, 3.8) is 0 Å². The Morgan fingerprint density at radius 3 is 2.76 bits per heavy atom. The van der Waals surface area contributed by atoms with Crippen LogP contribution in [0.2, 0.25) is 0 Å². The molecule has 0 unspecified atom stereocenters. The second-order valence-electron chi connectivity index (χ2n) is 4.77. The Kier molecular flexibility index (Phi) is 3.40. The van der Waals surface area contributed by atoms with Crippen LogP contribution in [0.15, 0.2) is 29.8 Å². The van der Waals surface area contributed by atoms with Gasteiger partial charge in [0.25, 0.3) is 0 Å². The fourth-order valence-corrected chi connectivity index (χ4v) is 2.78. The summed E-state index contributed by atoms with van der Waals surface area (Å²) in [6.07, 6.45) is -3.99. The third kappa shape index (κ3) is 2.90. The van der Waals surface area contributed by atoms with Gasteiger partial charge in [-0.05, 0) is 24.0 Å². The van der Waals surface area contributed by atoms with Crippen LogP contribution in [-0.4, -0.2) is 16.1 Å². The number of hydrogen-bond donors (Lipinski definition) is 1. The molecular weight excluding hydrogens is 303 g/mol. The predicted molar refractivity (Wildman–Crippen MR) is 70.8 cm³/mol. The number of benzene rings is 1.